The first-order valence-corrected chi connectivity index (χ1v) is 7.28. The van der Waals surface area contributed by atoms with E-state index < -0.39 is 3.79 Å². The molecule has 2 aromatic rings. The molecule has 0 unspecified atom stereocenters. The van der Waals surface area contributed by atoms with Gasteiger partial charge in [-0.25, -0.2) is 0 Å². The first-order chi connectivity index (χ1) is 9.43. The minimum absolute atomic E-state index is 0.119. The molecule has 20 heavy (non-hydrogen) atoms. The van der Waals surface area contributed by atoms with Crippen molar-refractivity contribution in [1.29, 1.82) is 0 Å². The molecule has 0 spiro atoms. The van der Waals surface area contributed by atoms with Gasteiger partial charge >= 0.3 is 140 Å². The Kier molecular flexibility index (Phi) is 5.20. The molecule has 0 saturated heterocycles. The summed E-state index contributed by atoms with van der Waals surface area (Å²) >= 11 is 20.4. The summed E-state index contributed by atoms with van der Waals surface area (Å²) in [6, 6.07) is 9.55. The van der Waals surface area contributed by atoms with Crippen molar-refractivity contribution in [3.05, 3.63) is 47.9 Å². The molecule has 0 bridgehead atoms. The molecule has 1 heterocycles. The Morgan fingerprint density at radius 3 is 2.40 bits per heavy atom. The van der Waals surface area contributed by atoms with Crippen LogP contribution >= 0.6 is 34.8 Å². The van der Waals surface area contributed by atoms with E-state index in [-0.39, 0.29) is 5.82 Å². The molecule has 0 N–H and O–H groups in total. The van der Waals surface area contributed by atoms with Crippen LogP contribution in [0.1, 0.15) is 11.4 Å². The van der Waals surface area contributed by atoms with Crippen LogP contribution in [-0.2, 0) is 24.4 Å². The van der Waals surface area contributed by atoms with Crippen LogP contribution in [0.5, 0.6) is 0 Å². The summed E-state index contributed by atoms with van der Waals surface area (Å²) in [5.41, 5.74) is 2.22. The summed E-state index contributed by atoms with van der Waals surface area (Å²) in [6.45, 7) is 0. The van der Waals surface area contributed by atoms with E-state index in [0.717, 1.165) is 5.56 Å². The van der Waals surface area contributed by atoms with Crippen LogP contribution in [0, 0.1) is 0 Å². The number of hydrogen-bond donors (Lipinski definition) is 0. The Morgan fingerprint density at radius 2 is 1.85 bits per heavy atom. The maximum absolute atomic E-state index is 5.84. The molecular weight excluding hydrogens is 359 g/mol. The summed E-state index contributed by atoms with van der Waals surface area (Å²) in [7, 11) is 1.56. The number of ether oxygens (including phenoxy) is 1. The van der Waals surface area contributed by atoms with Crippen molar-refractivity contribution in [2.24, 2.45) is 0 Å². The number of halogens is 3. The monoisotopic (exact) mass is 366 g/mol. The normalized spacial score (nSPS) is 11.4. The van der Waals surface area contributed by atoms with Gasteiger partial charge in [0.2, 0.25) is 0 Å². The van der Waals surface area contributed by atoms with Crippen molar-refractivity contribution >= 4 is 39.4 Å². The number of benzene rings is 1. The van der Waals surface area contributed by atoms with Crippen LogP contribution in [-0.4, -0.2) is 21.6 Å². The molecule has 0 aliphatic carbocycles. The molecule has 0 fully saturated rings. The SMILES string of the molecule is CO[C](=[Cr])c1cnc(C(Cl)(Cl)Cl)nc1-c1ccccc1. The Bertz CT molecular complexity index is 629. The van der Waals surface area contributed by atoms with Crippen molar-refractivity contribution in [2.75, 3.05) is 7.11 Å². The molecule has 1 aromatic carbocycles. The Balaban J connectivity index is 2.64. The third-order valence-electron chi connectivity index (χ3n) is 2.49. The quantitative estimate of drug-likeness (QED) is 0.777. The van der Waals surface area contributed by atoms with E-state index in [2.05, 4.69) is 25.8 Å². The Hall–Kier alpha value is -0.468. The second kappa shape index (κ2) is 6.53. The van der Waals surface area contributed by atoms with Gasteiger partial charge in [0.15, 0.2) is 0 Å². The summed E-state index contributed by atoms with van der Waals surface area (Å²) in [4.78, 5) is 8.43. The third kappa shape index (κ3) is 3.59. The van der Waals surface area contributed by atoms with E-state index in [1.165, 1.54) is 0 Å². The molecule has 7 heteroatoms. The molecule has 104 valence electrons. The Labute approximate surface area is 139 Å². The number of hydrogen-bond acceptors (Lipinski definition) is 3. The van der Waals surface area contributed by atoms with Gasteiger partial charge in [0.1, 0.15) is 0 Å². The van der Waals surface area contributed by atoms with Crippen LogP contribution in [0.2, 0.25) is 0 Å². The molecule has 0 amide bonds. The van der Waals surface area contributed by atoms with Crippen molar-refractivity contribution in [3.8, 4) is 11.3 Å². The fraction of sp³-hybridized carbons (Fsp3) is 0.154. The summed E-state index contributed by atoms with van der Waals surface area (Å²) in [6.07, 6.45) is 1.57. The molecule has 0 atom stereocenters. The molecule has 3 nitrogen and oxygen atoms in total. The van der Waals surface area contributed by atoms with Gasteiger partial charge in [-0.1, -0.05) is 0 Å². The number of rotatable bonds is 3. The summed E-state index contributed by atoms with van der Waals surface area (Å²) in [5.74, 6) is 0.119. The third-order valence-corrected chi connectivity index (χ3v) is 3.61. The van der Waals surface area contributed by atoms with Gasteiger partial charge in [-0.05, 0) is 0 Å². The van der Waals surface area contributed by atoms with Gasteiger partial charge in [0.05, 0.1) is 0 Å². The van der Waals surface area contributed by atoms with Crippen LogP contribution in [0.3, 0.4) is 0 Å². The minimum atomic E-state index is -1.67. The zero-order valence-electron chi connectivity index (χ0n) is 10.3. The molecule has 2 rings (SSSR count). The standard InChI is InChI=1S/C13H9Cl3N2O.Cr/c1-19-8-10-7-17-12(13(14,15)16)18-11(10)9-5-3-2-4-6-9;/h2-7H,1H3;. The molecule has 0 saturated carbocycles. The van der Waals surface area contributed by atoms with Gasteiger partial charge in [0, 0.05) is 0 Å². The maximum atomic E-state index is 5.84. The van der Waals surface area contributed by atoms with E-state index in [4.69, 9.17) is 39.5 Å². The topological polar surface area (TPSA) is 35.0 Å². The van der Waals surface area contributed by atoms with Crippen LogP contribution in [0.4, 0.5) is 0 Å². The second-order valence-corrected chi connectivity index (χ2v) is 6.67. The van der Waals surface area contributed by atoms with E-state index in [0.29, 0.717) is 15.8 Å². The van der Waals surface area contributed by atoms with Gasteiger partial charge < -0.3 is 0 Å². The number of alkyl halides is 3. The van der Waals surface area contributed by atoms with Gasteiger partial charge in [-0.2, -0.15) is 0 Å². The fourth-order valence-corrected chi connectivity index (χ4v) is 2.10. The van der Waals surface area contributed by atoms with Crippen molar-refractivity contribution < 1.29 is 20.6 Å². The summed E-state index contributed by atoms with van der Waals surface area (Å²) < 4.78 is 4.10. The predicted octanol–water partition coefficient (Wildman–Crippen LogP) is 3.64. The van der Waals surface area contributed by atoms with Crippen molar-refractivity contribution in [1.82, 2.24) is 9.97 Å². The van der Waals surface area contributed by atoms with Crippen LogP contribution in [0.15, 0.2) is 36.5 Å². The first-order valence-electron chi connectivity index (χ1n) is 5.51. The Morgan fingerprint density at radius 1 is 1.20 bits per heavy atom. The van der Waals surface area contributed by atoms with Crippen LogP contribution < -0.4 is 0 Å². The van der Waals surface area contributed by atoms with Gasteiger partial charge in [0.25, 0.3) is 0 Å². The number of aromatic nitrogens is 2. The molecule has 0 aliphatic rings. The molecular formula is C13H9Cl3CrN2O. The molecule has 1 aromatic heterocycles. The summed E-state index contributed by atoms with van der Waals surface area (Å²) in [5, 5.41) is 0. The van der Waals surface area contributed by atoms with Crippen molar-refractivity contribution in [2.45, 2.75) is 3.79 Å². The van der Waals surface area contributed by atoms with Gasteiger partial charge in [-0.15, -0.1) is 0 Å². The average Bonchev–Trinajstić information content (AvgIpc) is 2.46. The van der Waals surface area contributed by atoms with E-state index in [1.54, 1.807) is 13.3 Å². The van der Waals surface area contributed by atoms with E-state index in [1.807, 2.05) is 30.3 Å². The second-order valence-electron chi connectivity index (χ2n) is 3.81. The average molecular weight is 368 g/mol. The van der Waals surface area contributed by atoms with Crippen molar-refractivity contribution in [3.63, 3.8) is 0 Å². The first kappa shape index (κ1) is 15.9. The van der Waals surface area contributed by atoms with E-state index in [9.17, 15) is 0 Å². The van der Waals surface area contributed by atoms with E-state index >= 15 is 0 Å². The zero-order valence-corrected chi connectivity index (χ0v) is 13.9. The van der Waals surface area contributed by atoms with Gasteiger partial charge in [-0.3, -0.25) is 0 Å². The zero-order chi connectivity index (χ0) is 14.8. The van der Waals surface area contributed by atoms with Crippen LogP contribution in [0.25, 0.3) is 11.3 Å². The number of nitrogens with zero attached hydrogens (tertiary/aromatic N) is 2. The fourth-order valence-electron chi connectivity index (χ4n) is 1.59. The molecule has 0 radical (unpaired) electrons. The predicted molar refractivity (Wildman–Crippen MR) is 77.8 cm³/mol. The molecule has 0 aliphatic heterocycles. The number of methoxy groups -OCH3 is 1.